The Morgan fingerprint density at radius 1 is 1.36 bits per heavy atom. The van der Waals surface area contributed by atoms with Gasteiger partial charge in [-0.05, 0) is 26.1 Å². The van der Waals surface area contributed by atoms with Crippen molar-refractivity contribution in [3.05, 3.63) is 0 Å². The number of aliphatic hydroxyl groups excluding tert-OH is 1. The molecule has 0 aliphatic carbocycles. The zero-order valence-corrected chi connectivity index (χ0v) is 10.9. The van der Waals surface area contributed by atoms with Crippen LogP contribution in [0.3, 0.4) is 0 Å². The van der Waals surface area contributed by atoms with Crippen molar-refractivity contribution in [2.24, 2.45) is 0 Å². The van der Waals surface area contributed by atoms with Gasteiger partial charge in [0.15, 0.2) is 8.32 Å². The second-order valence-electron chi connectivity index (χ2n) is 3.27. The molecule has 11 heavy (non-hydrogen) atoms. The highest BCUT2D eigenvalue weighted by molar-refractivity contribution is 6.73. The summed E-state index contributed by atoms with van der Waals surface area (Å²) < 4.78 is 5.51. The van der Waals surface area contributed by atoms with Gasteiger partial charge in [0.2, 0.25) is 0 Å². The molecular formula is C7H22O2Si2. The van der Waals surface area contributed by atoms with Crippen LogP contribution in [-0.4, -0.2) is 29.8 Å². The molecule has 0 aromatic rings. The van der Waals surface area contributed by atoms with Gasteiger partial charge in [-0.2, -0.15) is 0 Å². The van der Waals surface area contributed by atoms with Gasteiger partial charge in [-0.25, -0.2) is 0 Å². The topological polar surface area (TPSA) is 29.5 Å². The van der Waals surface area contributed by atoms with Crippen LogP contribution in [0.15, 0.2) is 0 Å². The van der Waals surface area contributed by atoms with E-state index in [2.05, 4.69) is 26.2 Å². The van der Waals surface area contributed by atoms with Crippen molar-refractivity contribution in [1.29, 1.82) is 0 Å². The lowest BCUT2D eigenvalue weighted by Gasteiger charge is -2.14. The second kappa shape index (κ2) is 8.45. The molecule has 0 atom stereocenters. The number of hydrogen-bond acceptors (Lipinski definition) is 2. The first kappa shape index (κ1) is 13.9. The Morgan fingerprint density at radius 3 is 1.73 bits per heavy atom. The number of aliphatic hydroxyl groups is 1. The SMILES string of the molecule is CCCO.C[SiH2]O[Si](C)(C)C. The smallest absolute Gasteiger partial charge is 0.169 e. The fourth-order valence-corrected chi connectivity index (χ4v) is 3.90. The highest BCUT2D eigenvalue weighted by Crippen LogP contribution is 1.99. The Hall–Kier alpha value is 0.354. The van der Waals surface area contributed by atoms with Crippen LogP contribution >= 0.6 is 0 Å². The Morgan fingerprint density at radius 2 is 1.73 bits per heavy atom. The summed E-state index contributed by atoms with van der Waals surface area (Å²) >= 11 is 0. The third-order valence-corrected chi connectivity index (χ3v) is 5.42. The van der Waals surface area contributed by atoms with E-state index in [1.807, 2.05) is 6.92 Å². The molecular weight excluding hydrogens is 172 g/mol. The van der Waals surface area contributed by atoms with Gasteiger partial charge >= 0.3 is 0 Å². The largest absolute Gasteiger partial charge is 0.461 e. The van der Waals surface area contributed by atoms with Crippen molar-refractivity contribution in [2.75, 3.05) is 6.61 Å². The van der Waals surface area contributed by atoms with Gasteiger partial charge < -0.3 is 9.22 Å². The van der Waals surface area contributed by atoms with Gasteiger partial charge in [-0.1, -0.05) is 13.5 Å². The molecule has 0 saturated carbocycles. The number of hydrogen-bond donors (Lipinski definition) is 1. The van der Waals surface area contributed by atoms with Gasteiger partial charge in [0.25, 0.3) is 0 Å². The highest BCUT2D eigenvalue weighted by Gasteiger charge is 2.10. The van der Waals surface area contributed by atoms with Crippen molar-refractivity contribution in [1.82, 2.24) is 0 Å². The van der Waals surface area contributed by atoms with Gasteiger partial charge in [-0.3, -0.25) is 0 Å². The van der Waals surface area contributed by atoms with Crippen molar-refractivity contribution in [3.8, 4) is 0 Å². The molecule has 0 heterocycles. The summed E-state index contributed by atoms with van der Waals surface area (Å²) in [5.41, 5.74) is 0. The Labute approximate surface area is 74.0 Å². The molecule has 0 aliphatic rings. The predicted octanol–water partition coefficient (Wildman–Crippen LogP) is 1.36. The minimum absolute atomic E-state index is 0.128. The van der Waals surface area contributed by atoms with E-state index in [1.54, 1.807) is 0 Å². The lowest BCUT2D eigenvalue weighted by molar-refractivity contribution is 0.295. The van der Waals surface area contributed by atoms with Gasteiger partial charge in [0, 0.05) is 6.61 Å². The molecule has 0 aromatic carbocycles. The first-order chi connectivity index (χ1) is 4.97. The molecule has 70 valence electrons. The summed E-state index contributed by atoms with van der Waals surface area (Å²) in [5.74, 6) is 0. The molecule has 0 amide bonds. The predicted molar refractivity (Wildman–Crippen MR) is 56.2 cm³/mol. The van der Waals surface area contributed by atoms with E-state index in [-0.39, 0.29) is 9.76 Å². The van der Waals surface area contributed by atoms with Gasteiger partial charge in [0.1, 0.15) is 9.76 Å². The van der Waals surface area contributed by atoms with Crippen LogP contribution in [0, 0.1) is 0 Å². The Kier molecular flexibility index (Phi) is 10.7. The average molecular weight is 194 g/mol. The maximum absolute atomic E-state index is 7.88. The molecule has 0 aliphatic heterocycles. The normalized spacial score (nSPS) is 11.5. The molecule has 0 saturated heterocycles. The van der Waals surface area contributed by atoms with E-state index in [1.165, 1.54) is 0 Å². The van der Waals surface area contributed by atoms with E-state index in [0.29, 0.717) is 6.61 Å². The van der Waals surface area contributed by atoms with Crippen LogP contribution in [0.25, 0.3) is 0 Å². The second-order valence-corrected chi connectivity index (χ2v) is 9.23. The Balaban J connectivity index is 0. The van der Waals surface area contributed by atoms with E-state index >= 15 is 0 Å². The lowest BCUT2D eigenvalue weighted by atomic mass is 10.5. The fraction of sp³-hybridized carbons (Fsp3) is 1.00. The van der Waals surface area contributed by atoms with Crippen LogP contribution in [0.2, 0.25) is 26.2 Å². The van der Waals surface area contributed by atoms with Crippen molar-refractivity contribution in [3.63, 3.8) is 0 Å². The molecule has 0 unspecified atom stereocenters. The monoisotopic (exact) mass is 194 g/mol. The minimum atomic E-state index is -1.10. The summed E-state index contributed by atoms with van der Waals surface area (Å²) in [5, 5.41) is 7.88. The van der Waals surface area contributed by atoms with Gasteiger partial charge in [-0.15, -0.1) is 0 Å². The zero-order chi connectivity index (χ0) is 9.33. The van der Waals surface area contributed by atoms with Crippen LogP contribution < -0.4 is 0 Å². The molecule has 0 radical (unpaired) electrons. The first-order valence-electron chi connectivity index (χ1n) is 4.22. The van der Waals surface area contributed by atoms with Crippen molar-refractivity contribution in [2.45, 2.75) is 39.5 Å². The average Bonchev–Trinajstić information content (AvgIpc) is 1.86. The van der Waals surface area contributed by atoms with Crippen LogP contribution in [-0.2, 0) is 4.12 Å². The molecule has 2 nitrogen and oxygen atoms in total. The minimum Gasteiger partial charge on any atom is -0.461 e. The summed E-state index contributed by atoms with van der Waals surface area (Å²) in [6.07, 6.45) is 0.875. The third-order valence-electron chi connectivity index (χ3n) is 0.801. The molecule has 0 aromatic heterocycles. The summed E-state index contributed by atoms with van der Waals surface area (Å²) in [7, 11) is -1.22. The molecule has 0 bridgehead atoms. The van der Waals surface area contributed by atoms with Crippen LogP contribution in [0.1, 0.15) is 13.3 Å². The van der Waals surface area contributed by atoms with E-state index in [0.717, 1.165) is 6.42 Å². The third kappa shape index (κ3) is 25.2. The number of rotatable bonds is 3. The molecule has 0 fully saturated rings. The van der Waals surface area contributed by atoms with Crippen molar-refractivity contribution >= 4 is 18.1 Å². The standard InChI is InChI=1S/C4H14OSi2.C3H8O/c1-6-5-7(2,3)4;1-2-3-4/h6H2,1-4H3;4H,2-3H2,1H3. The van der Waals surface area contributed by atoms with Gasteiger partial charge in [0.05, 0.1) is 0 Å². The van der Waals surface area contributed by atoms with Crippen LogP contribution in [0.4, 0.5) is 0 Å². The Bertz CT molecular complexity index is 69.3. The summed E-state index contributed by atoms with van der Waals surface area (Å²) in [6, 6.07) is 0. The van der Waals surface area contributed by atoms with E-state index < -0.39 is 8.32 Å². The lowest BCUT2D eigenvalue weighted by Crippen LogP contribution is -2.26. The maximum Gasteiger partial charge on any atom is 0.169 e. The fourth-order valence-electron chi connectivity index (χ4n) is 0.433. The summed E-state index contributed by atoms with van der Waals surface area (Å²) in [6.45, 7) is 11.1. The quantitative estimate of drug-likeness (QED) is 0.688. The van der Waals surface area contributed by atoms with E-state index in [4.69, 9.17) is 9.22 Å². The summed E-state index contributed by atoms with van der Waals surface area (Å²) in [4.78, 5) is 0. The maximum atomic E-state index is 7.88. The van der Waals surface area contributed by atoms with Crippen LogP contribution in [0.5, 0.6) is 0 Å². The molecule has 0 rings (SSSR count). The molecule has 4 heteroatoms. The zero-order valence-electron chi connectivity index (χ0n) is 8.48. The molecule has 1 N–H and O–H groups in total. The van der Waals surface area contributed by atoms with Crippen molar-refractivity contribution < 1.29 is 9.22 Å². The van der Waals surface area contributed by atoms with E-state index in [9.17, 15) is 0 Å². The molecule has 0 spiro atoms. The first-order valence-corrected chi connectivity index (χ1v) is 9.62. The highest BCUT2D eigenvalue weighted by atomic mass is 28.4.